The van der Waals surface area contributed by atoms with Gasteiger partial charge in [0.05, 0.1) is 32.7 Å². The van der Waals surface area contributed by atoms with Crippen molar-refractivity contribution in [3.63, 3.8) is 0 Å². The second kappa shape index (κ2) is 6.78. The summed E-state index contributed by atoms with van der Waals surface area (Å²) in [5.41, 5.74) is -0.343. The van der Waals surface area contributed by atoms with Gasteiger partial charge in [0.25, 0.3) is 0 Å². The molecule has 18 heavy (non-hydrogen) atoms. The van der Waals surface area contributed by atoms with Gasteiger partial charge in [0.2, 0.25) is 0 Å². The molecule has 1 heterocycles. The Balaban J connectivity index is 2.68. The Labute approximate surface area is 111 Å². The Hall–Kier alpha value is -1.03. The Kier molecular flexibility index (Phi) is 5.66. The Morgan fingerprint density at radius 1 is 1.61 bits per heavy atom. The molecule has 4 unspecified atom stereocenters. The van der Waals surface area contributed by atoms with Crippen LogP contribution in [0.1, 0.15) is 12.8 Å². The number of hydrogen-bond acceptors (Lipinski definition) is 5. The summed E-state index contributed by atoms with van der Waals surface area (Å²) in [7, 11) is 3.66. The first-order chi connectivity index (χ1) is 8.49. The highest BCUT2D eigenvalue weighted by molar-refractivity contribution is 8.14. The fraction of sp³-hybridized carbons (Fsp3) is 0.727. The zero-order valence-corrected chi connectivity index (χ0v) is 11.3. The molecule has 0 saturated carbocycles. The number of aliphatic hydroxyl groups excluding tert-OH is 2. The van der Waals surface area contributed by atoms with Crippen LogP contribution in [0.25, 0.3) is 0 Å². The number of ether oxygens (including phenoxy) is 1. The third-order valence-corrected chi connectivity index (χ3v) is 3.85. The van der Waals surface area contributed by atoms with E-state index in [2.05, 4.69) is 11.4 Å². The largest absolute Gasteiger partial charge is 0.407 e. The van der Waals surface area contributed by atoms with Crippen molar-refractivity contribution >= 4 is 23.6 Å². The maximum absolute atomic E-state index is 9.75. The third-order valence-electron chi connectivity index (χ3n) is 2.58. The predicted octanol–water partition coefficient (Wildman–Crippen LogP) is -0.845. The summed E-state index contributed by atoms with van der Waals surface area (Å²) in [4.78, 5) is 1.79. The van der Waals surface area contributed by atoms with Gasteiger partial charge < -0.3 is 14.9 Å². The van der Waals surface area contributed by atoms with Gasteiger partial charge >= 0.3 is 5.17 Å². The predicted molar refractivity (Wildman–Crippen MR) is 71.1 cm³/mol. The van der Waals surface area contributed by atoms with Crippen LogP contribution in [0.3, 0.4) is 0 Å². The summed E-state index contributed by atoms with van der Waals surface area (Å²) >= 11 is 1.32. The number of thioether (sulfide) groups is 1. The van der Waals surface area contributed by atoms with Gasteiger partial charge in [0.15, 0.2) is 6.72 Å². The van der Waals surface area contributed by atoms with E-state index in [-0.39, 0.29) is 11.9 Å². The normalized spacial score (nSPS) is 31.3. The van der Waals surface area contributed by atoms with Gasteiger partial charge in [-0.1, -0.05) is 0 Å². The van der Waals surface area contributed by atoms with Crippen molar-refractivity contribution in [2.24, 2.45) is 0 Å². The summed E-state index contributed by atoms with van der Waals surface area (Å²) in [6, 6.07) is 1.94. The molecule has 1 fully saturated rings. The van der Waals surface area contributed by atoms with Crippen LogP contribution in [0.2, 0.25) is 0 Å². The van der Waals surface area contributed by atoms with E-state index in [9.17, 15) is 10.2 Å². The number of nitriles is 1. The molecule has 0 amide bonds. The van der Waals surface area contributed by atoms with E-state index in [1.54, 1.807) is 4.90 Å². The molecule has 0 aromatic rings. The van der Waals surface area contributed by atoms with Crippen LogP contribution < -0.4 is 4.67 Å². The zero-order valence-electron chi connectivity index (χ0n) is 10.5. The lowest BCUT2D eigenvalue weighted by atomic mass is 10.0. The zero-order chi connectivity index (χ0) is 13.7. The van der Waals surface area contributed by atoms with Crippen molar-refractivity contribution in [2.75, 3.05) is 14.1 Å². The topological polar surface area (TPSA) is 90.8 Å². The van der Waals surface area contributed by atoms with Crippen LogP contribution in [0.5, 0.6) is 0 Å². The monoisotopic (exact) mass is 272 g/mol. The van der Waals surface area contributed by atoms with Gasteiger partial charge in [-0.2, -0.15) is 5.26 Å². The second-order valence-electron chi connectivity index (χ2n) is 4.21. The van der Waals surface area contributed by atoms with Crippen LogP contribution in [-0.2, 0) is 4.74 Å². The standard InChI is InChI=1S/C11H18N3O3S/c1-13-11(14(2)3)18-9-6-7(15)10(16)8(17-9)4-5-12/h7-10,15-16H,1,4,6H2,2-3H3/q+1. The molecule has 0 aromatic heterocycles. The minimum atomic E-state index is -1.01. The summed E-state index contributed by atoms with van der Waals surface area (Å²) in [6.07, 6.45) is -2.22. The molecular weight excluding hydrogens is 254 g/mol. The smallest absolute Gasteiger partial charge is 0.390 e. The number of amidine groups is 1. The van der Waals surface area contributed by atoms with E-state index in [4.69, 9.17) is 10.00 Å². The van der Waals surface area contributed by atoms with E-state index in [0.717, 1.165) is 0 Å². The molecule has 4 atom stereocenters. The van der Waals surface area contributed by atoms with Crippen LogP contribution in [0, 0.1) is 11.3 Å². The molecule has 1 aliphatic rings. The minimum Gasteiger partial charge on any atom is -0.390 e. The molecular formula is C11H18N3O3S+. The summed E-state index contributed by atoms with van der Waals surface area (Å²) in [6.45, 7) is 3.47. The van der Waals surface area contributed by atoms with Crippen molar-refractivity contribution in [3.8, 4) is 6.07 Å². The Bertz CT molecular complexity index is 376. The molecule has 100 valence electrons. The second-order valence-corrected chi connectivity index (χ2v) is 5.34. The lowest BCUT2D eigenvalue weighted by Gasteiger charge is -2.35. The van der Waals surface area contributed by atoms with Crippen molar-refractivity contribution in [1.82, 2.24) is 9.57 Å². The molecule has 1 rings (SSSR count). The molecule has 0 spiro atoms. The van der Waals surface area contributed by atoms with Crippen molar-refractivity contribution in [1.29, 1.82) is 5.26 Å². The van der Waals surface area contributed by atoms with Crippen LogP contribution in [0.15, 0.2) is 0 Å². The van der Waals surface area contributed by atoms with E-state index < -0.39 is 18.3 Å². The fourth-order valence-electron chi connectivity index (χ4n) is 1.65. The van der Waals surface area contributed by atoms with Gasteiger partial charge in [-0.25, -0.2) is 9.57 Å². The lowest BCUT2D eigenvalue weighted by molar-refractivity contribution is -0.142. The average Bonchev–Trinajstić information content (AvgIpc) is 2.32. The molecule has 2 N–H and O–H groups in total. The van der Waals surface area contributed by atoms with Crippen LogP contribution in [-0.4, -0.2) is 64.8 Å². The van der Waals surface area contributed by atoms with E-state index >= 15 is 0 Å². The molecule has 6 nitrogen and oxygen atoms in total. The van der Waals surface area contributed by atoms with Crippen molar-refractivity contribution in [3.05, 3.63) is 0 Å². The van der Waals surface area contributed by atoms with Gasteiger partial charge in [-0.3, -0.25) is 0 Å². The van der Waals surface area contributed by atoms with Crippen LogP contribution in [0.4, 0.5) is 0 Å². The Morgan fingerprint density at radius 3 is 2.78 bits per heavy atom. The molecule has 7 heteroatoms. The number of nitrogens with zero attached hydrogens (tertiary/aromatic N) is 3. The molecule has 0 bridgehead atoms. The molecule has 0 aromatic carbocycles. The maximum atomic E-state index is 9.75. The molecule has 1 aliphatic heterocycles. The maximum Gasteiger partial charge on any atom is 0.407 e. The highest BCUT2D eigenvalue weighted by Crippen LogP contribution is 2.29. The number of aliphatic hydroxyl groups is 2. The van der Waals surface area contributed by atoms with Gasteiger partial charge in [0, 0.05) is 18.2 Å². The van der Waals surface area contributed by atoms with Gasteiger partial charge in [0.1, 0.15) is 17.6 Å². The SMILES string of the molecule is C=[N+]=C(SC1CC(O)C(O)C(CC#N)O1)N(C)C. The summed E-state index contributed by atoms with van der Waals surface area (Å²) < 4.78 is 9.45. The number of rotatable bonds is 2. The third kappa shape index (κ3) is 3.73. The van der Waals surface area contributed by atoms with Crippen molar-refractivity contribution < 1.29 is 14.9 Å². The minimum absolute atomic E-state index is 0.0497. The first kappa shape index (κ1) is 15.0. The Morgan fingerprint density at radius 2 is 2.28 bits per heavy atom. The van der Waals surface area contributed by atoms with Crippen LogP contribution >= 0.6 is 11.8 Å². The van der Waals surface area contributed by atoms with Crippen molar-refractivity contribution in [2.45, 2.75) is 36.6 Å². The van der Waals surface area contributed by atoms with Gasteiger partial charge in [-0.15, -0.1) is 0 Å². The van der Waals surface area contributed by atoms with Gasteiger partial charge in [-0.05, 0) is 0 Å². The van der Waals surface area contributed by atoms with E-state index in [0.29, 0.717) is 11.6 Å². The summed E-state index contributed by atoms with van der Waals surface area (Å²) in [5, 5.41) is 28.8. The first-order valence-electron chi connectivity index (χ1n) is 5.55. The lowest BCUT2D eigenvalue weighted by Crippen LogP contribution is -2.47. The highest BCUT2D eigenvalue weighted by Gasteiger charge is 2.38. The molecule has 0 aliphatic carbocycles. The quantitative estimate of drug-likeness (QED) is 0.387. The average molecular weight is 272 g/mol. The fourth-order valence-corrected chi connectivity index (χ4v) is 2.66. The molecule has 0 radical (unpaired) electrons. The van der Waals surface area contributed by atoms with E-state index in [1.807, 2.05) is 20.2 Å². The summed E-state index contributed by atoms with van der Waals surface area (Å²) in [5.74, 6) is 0. The highest BCUT2D eigenvalue weighted by atomic mass is 32.2. The van der Waals surface area contributed by atoms with E-state index in [1.165, 1.54) is 11.8 Å². The molecule has 1 saturated heterocycles. The first-order valence-corrected chi connectivity index (χ1v) is 6.43. The number of hydrogen-bond donors (Lipinski definition) is 2.